The van der Waals surface area contributed by atoms with Gasteiger partial charge < -0.3 is 10.2 Å². The molecule has 0 aliphatic carbocycles. The second-order valence-corrected chi connectivity index (χ2v) is 6.27. The second-order valence-electron chi connectivity index (χ2n) is 6.27. The van der Waals surface area contributed by atoms with E-state index in [1.54, 1.807) is 36.4 Å². The third-order valence-corrected chi connectivity index (χ3v) is 3.87. The second kappa shape index (κ2) is 7.70. The Kier molecular flexibility index (Phi) is 5.37. The first-order chi connectivity index (χ1) is 12.4. The van der Waals surface area contributed by atoms with E-state index in [-0.39, 0.29) is 5.82 Å². The van der Waals surface area contributed by atoms with Crippen LogP contribution in [0.3, 0.4) is 0 Å². The Bertz CT molecular complexity index is 912. The molecule has 0 bridgehead atoms. The maximum Gasteiger partial charge on any atom is 0.297 e. The molecule has 0 amide bonds. The van der Waals surface area contributed by atoms with E-state index in [0.717, 1.165) is 5.56 Å². The summed E-state index contributed by atoms with van der Waals surface area (Å²) in [5.41, 5.74) is 1.87. The van der Waals surface area contributed by atoms with E-state index in [1.165, 1.54) is 6.07 Å². The molecule has 3 rings (SSSR count). The number of halogens is 3. The summed E-state index contributed by atoms with van der Waals surface area (Å²) in [5.74, 6) is -0.446. The normalized spacial score (nSPS) is 11.5. The van der Waals surface area contributed by atoms with E-state index in [9.17, 15) is 13.2 Å². The van der Waals surface area contributed by atoms with Crippen molar-refractivity contribution in [2.75, 3.05) is 19.4 Å². The topological polar surface area (TPSA) is 41.0 Å². The largest absolute Gasteiger partial charge is 0.365 e. The van der Waals surface area contributed by atoms with Crippen molar-refractivity contribution in [3.8, 4) is 0 Å². The van der Waals surface area contributed by atoms with Crippen LogP contribution < -0.4 is 5.32 Å². The van der Waals surface area contributed by atoms with Gasteiger partial charge in [-0.05, 0) is 43.9 Å². The van der Waals surface area contributed by atoms with Crippen molar-refractivity contribution >= 4 is 16.7 Å². The Labute approximate surface area is 149 Å². The van der Waals surface area contributed by atoms with Crippen molar-refractivity contribution in [3.05, 3.63) is 65.2 Å². The van der Waals surface area contributed by atoms with Gasteiger partial charge in [-0.15, -0.1) is 0 Å². The molecule has 2 aromatic carbocycles. The van der Waals surface area contributed by atoms with Crippen molar-refractivity contribution < 1.29 is 13.2 Å². The maximum atomic E-state index is 13.9. The quantitative estimate of drug-likeness (QED) is 0.708. The van der Waals surface area contributed by atoms with Gasteiger partial charge in [-0.3, -0.25) is 0 Å². The summed E-state index contributed by atoms with van der Waals surface area (Å²) in [6.07, 6.45) is -2.75. The fraction of sp³-hybridized carbons (Fsp3) is 0.263. The molecule has 0 radical (unpaired) electrons. The van der Waals surface area contributed by atoms with Gasteiger partial charge in [0.05, 0.1) is 5.52 Å². The molecule has 0 spiro atoms. The highest BCUT2D eigenvalue weighted by molar-refractivity contribution is 5.89. The van der Waals surface area contributed by atoms with Gasteiger partial charge in [0, 0.05) is 24.0 Å². The van der Waals surface area contributed by atoms with E-state index in [4.69, 9.17) is 0 Å². The van der Waals surface area contributed by atoms with Crippen molar-refractivity contribution in [2.45, 2.75) is 19.5 Å². The number of benzene rings is 2. The maximum absolute atomic E-state index is 13.9. The number of hydrogen-bond donors (Lipinski definition) is 1. The smallest absolute Gasteiger partial charge is 0.297 e. The monoisotopic (exact) mass is 360 g/mol. The first kappa shape index (κ1) is 18.1. The molecule has 1 N–H and O–H groups in total. The fourth-order valence-electron chi connectivity index (χ4n) is 2.71. The van der Waals surface area contributed by atoms with Gasteiger partial charge in [-0.25, -0.2) is 23.1 Å². The summed E-state index contributed by atoms with van der Waals surface area (Å²) in [6, 6.07) is 11.8. The third kappa shape index (κ3) is 4.11. The number of rotatable bonds is 6. The molecule has 26 heavy (non-hydrogen) atoms. The molecule has 0 saturated carbocycles. The average molecular weight is 360 g/mol. The Morgan fingerprint density at radius 3 is 2.58 bits per heavy atom. The lowest BCUT2D eigenvalue weighted by Crippen LogP contribution is -2.13. The molecule has 0 fully saturated rings. The van der Waals surface area contributed by atoms with Crippen LogP contribution in [0.25, 0.3) is 10.9 Å². The number of anilines is 1. The molecule has 0 aliphatic heterocycles. The number of para-hydroxylation sites is 1. The lowest BCUT2D eigenvalue weighted by atomic mass is 10.1. The van der Waals surface area contributed by atoms with Gasteiger partial charge in [0.2, 0.25) is 0 Å². The van der Waals surface area contributed by atoms with E-state index >= 15 is 0 Å². The molecule has 3 aromatic rings. The summed E-state index contributed by atoms with van der Waals surface area (Å²) in [5, 5.41) is 3.74. The van der Waals surface area contributed by atoms with Crippen LogP contribution in [0.15, 0.2) is 42.5 Å². The highest BCUT2D eigenvalue weighted by Crippen LogP contribution is 2.25. The van der Waals surface area contributed by atoms with Crippen molar-refractivity contribution in [1.29, 1.82) is 0 Å². The van der Waals surface area contributed by atoms with Crippen LogP contribution in [0, 0.1) is 5.82 Å². The zero-order valence-corrected chi connectivity index (χ0v) is 14.5. The minimum atomic E-state index is -2.75. The average Bonchev–Trinajstić information content (AvgIpc) is 2.61. The van der Waals surface area contributed by atoms with E-state index in [1.807, 2.05) is 19.0 Å². The fourth-order valence-corrected chi connectivity index (χ4v) is 2.71. The zero-order valence-electron chi connectivity index (χ0n) is 14.5. The first-order valence-electron chi connectivity index (χ1n) is 8.15. The molecule has 0 aliphatic rings. The van der Waals surface area contributed by atoms with Gasteiger partial charge in [-0.2, -0.15) is 0 Å². The molecule has 0 unspecified atom stereocenters. The molecule has 1 aromatic heterocycles. The van der Waals surface area contributed by atoms with Crippen molar-refractivity contribution in [3.63, 3.8) is 0 Å². The number of alkyl halides is 2. The molecule has 1 heterocycles. The van der Waals surface area contributed by atoms with Crippen LogP contribution in [-0.4, -0.2) is 29.0 Å². The lowest BCUT2D eigenvalue weighted by Gasteiger charge is -2.13. The zero-order chi connectivity index (χ0) is 18.7. The molecule has 0 saturated heterocycles. The van der Waals surface area contributed by atoms with Gasteiger partial charge in [0.25, 0.3) is 6.43 Å². The summed E-state index contributed by atoms with van der Waals surface area (Å²) >= 11 is 0. The SMILES string of the molecule is CN(C)Cc1cc(CNc2nc(C(F)F)nc3ccccc23)ccc1F. The highest BCUT2D eigenvalue weighted by Gasteiger charge is 2.15. The van der Waals surface area contributed by atoms with Crippen LogP contribution in [0.4, 0.5) is 19.0 Å². The standard InChI is InChI=1S/C19H19F3N4/c1-26(2)11-13-9-12(7-8-15(13)20)10-23-18-14-5-3-4-6-16(14)24-19(25-18)17(21)22/h3-9,17H,10-11H2,1-2H3,(H,23,24,25). The highest BCUT2D eigenvalue weighted by atomic mass is 19.3. The lowest BCUT2D eigenvalue weighted by molar-refractivity contribution is 0.141. The van der Waals surface area contributed by atoms with Gasteiger partial charge in [0.15, 0.2) is 5.82 Å². The van der Waals surface area contributed by atoms with Gasteiger partial charge >= 0.3 is 0 Å². The Balaban J connectivity index is 1.88. The summed E-state index contributed by atoms with van der Waals surface area (Å²) in [6.45, 7) is 0.816. The van der Waals surface area contributed by atoms with E-state index < -0.39 is 12.2 Å². The van der Waals surface area contributed by atoms with Crippen LogP contribution in [0.5, 0.6) is 0 Å². The van der Waals surface area contributed by atoms with E-state index in [2.05, 4.69) is 15.3 Å². The number of nitrogens with one attached hydrogen (secondary N) is 1. The number of fused-ring (bicyclic) bond motifs is 1. The Morgan fingerprint density at radius 1 is 1.08 bits per heavy atom. The van der Waals surface area contributed by atoms with Crippen LogP contribution in [0.1, 0.15) is 23.4 Å². The number of hydrogen-bond acceptors (Lipinski definition) is 4. The molecular weight excluding hydrogens is 341 g/mol. The molecule has 0 atom stereocenters. The summed E-state index contributed by atoms with van der Waals surface area (Å²) < 4.78 is 40.0. The number of aromatic nitrogens is 2. The van der Waals surface area contributed by atoms with Crippen LogP contribution >= 0.6 is 0 Å². The van der Waals surface area contributed by atoms with E-state index in [0.29, 0.717) is 35.4 Å². The predicted octanol–water partition coefficient (Wildman–Crippen LogP) is 4.38. The minimum Gasteiger partial charge on any atom is -0.365 e. The van der Waals surface area contributed by atoms with Crippen LogP contribution in [-0.2, 0) is 13.1 Å². The van der Waals surface area contributed by atoms with Gasteiger partial charge in [0.1, 0.15) is 11.6 Å². The van der Waals surface area contributed by atoms with Crippen LogP contribution in [0.2, 0.25) is 0 Å². The Morgan fingerprint density at radius 2 is 1.85 bits per heavy atom. The summed E-state index contributed by atoms with van der Waals surface area (Å²) in [7, 11) is 3.73. The molecule has 7 heteroatoms. The Hall–Kier alpha value is -2.67. The molecule has 136 valence electrons. The van der Waals surface area contributed by atoms with Crippen molar-refractivity contribution in [2.24, 2.45) is 0 Å². The summed E-state index contributed by atoms with van der Waals surface area (Å²) in [4.78, 5) is 9.72. The van der Waals surface area contributed by atoms with Crippen molar-refractivity contribution in [1.82, 2.24) is 14.9 Å². The third-order valence-electron chi connectivity index (χ3n) is 3.87. The predicted molar refractivity (Wildman–Crippen MR) is 95.6 cm³/mol. The molecular formula is C19H19F3N4. The first-order valence-corrected chi connectivity index (χ1v) is 8.15. The van der Waals surface area contributed by atoms with Gasteiger partial charge in [-0.1, -0.05) is 18.2 Å². The molecule has 4 nitrogen and oxygen atoms in total. The minimum absolute atomic E-state index is 0.269. The number of nitrogens with zero attached hydrogens (tertiary/aromatic N) is 3.